The molecule has 0 radical (unpaired) electrons. The summed E-state index contributed by atoms with van der Waals surface area (Å²) in [4.78, 5) is 42.1. The fourth-order valence-electron chi connectivity index (χ4n) is 3.51. The second-order valence-corrected chi connectivity index (χ2v) is 7.62. The summed E-state index contributed by atoms with van der Waals surface area (Å²) >= 11 is 0. The number of fused-ring (bicyclic) bond motifs is 1. The third kappa shape index (κ3) is 4.93. The zero-order valence-corrected chi connectivity index (χ0v) is 18.7. The molecular formula is C25H23N5O4. The Balaban J connectivity index is 1.40. The van der Waals surface area contributed by atoms with Crippen molar-refractivity contribution in [1.29, 1.82) is 0 Å². The Labute approximate surface area is 195 Å². The SMILES string of the molecule is Cc1nn2cccnc2c1C(=O)OCC(=O)Nc1ccccc1C(=O)NC(C)c1ccccc1. The maximum Gasteiger partial charge on any atom is 0.344 e. The van der Waals surface area contributed by atoms with Crippen molar-refractivity contribution in [3.8, 4) is 0 Å². The van der Waals surface area contributed by atoms with E-state index >= 15 is 0 Å². The van der Waals surface area contributed by atoms with Crippen molar-refractivity contribution >= 4 is 29.1 Å². The van der Waals surface area contributed by atoms with Crippen molar-refractivity contribution in [3.05, 3.63) is 95.4 Å². The van der Waals surface area contributed by atoms with E-state index in [9.17, 15) is 14.4 Å². The summed E-state index contributed by atoms with van der Waals surface area (Å²) in [7, 11) is 0. The van der Waals surface area contributed by atoms with Crippen LogP contribution >= 0.6 is 0 Å². The van der Waals surface area contributed by atoms with Crippen LogP contribution in [-0.2, 0) is 9.53 Å². The van der Waals surface area contributed by atoms with Gasteiger partial charge in [0.05, 0.1) is 23.0 Å². The molecule has 0 saturated heterocycles. The second kappa shape index (κ2) is 9.95. The second-order valence-electron chi connectivity index (χ2n) is 7.62. The maximum absolute atomic E-state index is 12.9. The van der Waals surface area contributed by atoms with Gasteiger partial charge >= 0.3 is 5.97 Å². The highest BCUT2D eigenvalue weighted by atomic mass is 16.5. The lowest BCUT2D eigenvalue weighted by molar-refractivity contribution is -0.119. The topological polar surface area (TPSA) is 115 Å². The monoisotopic (exact) mass is 457 g/mol. The molecule has 2 aromatic carbocycles. The molecule has 0 fully saturated rings. The number of amides is 2. The number of carbonyl (C=O) groups excluding carboxylic acids is 3. The van der Waals surface area contributed by atoms with Gasteiger partial charge in [-0.2, -0.15) is 5.10 Å². The van der Waals surface area contributed by atoms with Crippen LogP contribution in [0.5, 0.6) is 0 Å². The number of aryl methyl sites for hydroxylation is 1. The van der Waals surface area contributed by atoms with Gasteiger partial charge in [-0.05, 0) is 37.6 Å². The number of aromatic nitrogens is 3. The predicted molar refractivity (Wildman–Crippen MR) is 125 cm³/mol. The molecule has 34 heavy (non-hydrogen) atoms. The summed E-state index contributed by atoms with van der Waals surface area (Å²) in [5.41, 5.74) is 2.56. The first-order chi connectivity index (χ1) is 16.4. The van der Waals surface area contributed by atoms with Crippen LogP contribution in [0.4, 0.5) is 5.69 Å². The fourth-order valence-corrected chi connectivity index (χ4v) is 3.51. The zero-order chi connectivity index (χ0) is 24.1. The molecule has 2 heterocycles. The largest absolute Gasteiger partial charge is 0.452 e. The number of nitrogens with one attached hydrogen (secondary N) is 2. The lowest BCUT2D eigenvalue weighted by Gasteiger charge is -2.16. The van der Waals surface area contributed by atoms with Gasteiger partial charge in [0.2, 0.25) is 0 Å². The van der Waals surface area contributed by atoms with Gasteiger partial charge in [0.1, 0.15) is 5.56 Å². The molecule has 2 N–H and O–H groups in total. The van der Waals surface area contributed by atoms with Crippen LogP contribution in [0, 0.1) is 6.92 Å². The number of anilines is 1. The minimum absolute atomic E-state index is 0.197. The van der Waals surface area contributed by atoms with Crippen LogP contribution in [0.1, 0.15) is 44.9 Å². The van der Waals surface area contributed by atoms with Crippen molar-refractivity contribution in [2.24, 2.45) is 0 Å². The fraction of sp³-hybridized carbons (Fsp3) is 0.160. The van der Waals surface area contributed by atoms with Gasteiger partial charge in [-0.25, -0.2) is 14.3 Å². The molecule has 0 aliphatic carbocycles. The summed E-state index contributed by atoms with van der Waals surface area (Å²) in [5, 5.41) is 9.78. The highest BCUT2D eigenvalue weighted by Crippen LogP contribution is 2.18. The van der Waals surface area contributed by atoms with Crippen LogP contribution in [0.15, 0.2) is 73.1 Å². The Morgan fingerprint density at radius 2 is 1.76 bits per heavy atom. The van der Waals surface area contributed by atoms with Gasteiger partial charge in [0, 0.05) is 12.4 Å². The van der Waals surface area contributed by atoms with Gasteiger partial charge < -0.3 is 15.4 Å². The van der Waals surface area contributed by atoms with Crippen LogP contribution in [0.25, 0.3) is 5.65 Å². The Morgan fingerprint density at radius 1 is 1.03 bits per heavy atom. The van der Waals surface area contributed by atoms with Crippen molar-refractivity contribution in [2.45, 2.75) is 19.9 Å². The van der Waals surface area contributed by atoms with Crippen LogP contribution < -0.4 is 10.6 Å². The molecule has 4 aromatic rings. The predicted octanol–water partition coefficient (Wildman–Crippen LogP) is 3.32. The van der Waals surface area contributed by atoms with Crippen molar-refractivity contribution in [2.75, 3.05) is 11.9 Å². The molecule has 0 saturated carbocycles. The summed E-state index contributed by atoms with van der Waals surface area (Å²) in [6, 6.07) is 17.7. The summed E-state index contributed by atoms with van der Waals surface area (Å²) in [6.45, 7) is 3.01. The Hall–Kier alpha value is -4.53. The first-order valence-corrected chi connectivity index (χ1v) is 10.7. The number of benzene rings is 2. The quantitative estimate of drug-likeness (QED) is 0.412. The molecule has 1 unspecified atom stereocenters. The molecule has 4 rings (SSSR count). The van der Waals surface area contributed by atoms with E-state index in [1.807, 2.05) is 37.3 Å². The number of hydrogen-bond donors (Lipinski definition) is 2. The molecular weight excluding hydrogens is 434 g/mol. The molecule has 0 bridgehead atoms. The highest BCUT2D eigenvalue weighted by molar-refractivity contribution is 6.05. The van der Waals surface area contributed by atoms with E-state index in [1.165, 1.54) is 4.52 Å². The van der Waals surface area contributed by atoms with Crippen molar-refractivity contribution in [1.82, 2.24) is 19.9 Å². The molecule has 0 spiro atoms. The van der Waals surface area contributed by atoms with E-state index < -0.39 is 18.5 Å². The molecule has 1 atom stereocenters. The molecule has 2 amide bonds. The van der Waals surface area contributed by atoms with E-state index in [0.717, 1.165) is 5.56 Å². The lowest BCUT2D eigenvalue weighted by Crippen LogP contribution is -2.28. The minimum Gasteiger partial charge on any atom is -0.452 e. The average Bonchev–Trinajstić information content (AvgIpc) is 3.19. The van der Waals surface area contributed by atoms with Gasteiger partial charge in [0.25, 0.3) is 11.8 Å². The third-order valence-corrected chi connectivity index (χ3v) is 5.20. The summed E-state index contributed by atoms with van der Waals surface area (Å²) in [6.07, 6.45) is 3.21. The van der Waals surface area contributed by atoms with Gasteiger partial charge in [0.15, 0.2) is 12.3 Å². The van der Waals surface area contributed by atoms with Gasteiger partial charge in [-0.15, -0.1) is 0 Å². The summed E-state index contributed by atoms with van der Waals surface area (Å²) in [5.74, 6) is -1.62. The van der Waals surface area contributed by atoms with E-state index in [4.69, 9.17) is 4.74 Å². The molecule has 0 aliphatic heterocycles. The van der Waals surface area contributed by atoms with Crippen LogP contribution in [-0.4, -0.2) is 39.0 Å². The number of hydrogen-bond acceptors (Lipinski definition) is 6. The van der Waals surface area contributed by atoms with Crippen LogP contribution in [0.2, 0.25) is 0 Å². The lowest BCUT2D eigenvalue weighted by atomic mass is 10.1. The number of para-hydroxylation sites is 1. The number of rotatable bonds is 7. The molecule has 9 nitrogen and oxygen atoms in total. The Bertz CT molecular complexity index is 1350. The highest BCUT2D eigenvalue weighted by Gasteiger charge is 2.21. The van der Waals surface area contributed by atoms with Gasteiger partial charge in [-0.3, -0.25) is 9.59 Å². The maximum atomic E-state index is 12.9. The van der Waals surface area contributed by atoms with E-state index in [-0.39, 0.29) is 17.5 Å². The van der Waals surface area contributed by atoms with E-state index in [2.05, 4.69) is 20.7 Å². The summed E-state index contributed by atoms with van der Waals surface area (Å²) < 4.78 is 6.66. The molecule has 0 aliphatic rings. The first-order valence-electron chi connectivity index (χ1n) is 10.7. The zero-order valence-electron chi connectivity index (χ0n) is 18.7. The standard InChI is InChI=1S/C25H23N5O4/c1-16(18-9-4-3-5-10-18)27-24(32)19-11-6-7-12-20(19)28-21(31)15-34-25(33)22-17(2)29-30-14-8-13-26-23(22)30/h3-14,16H,15H2,1-2H3,(H,27,32)(H,28,31). The average molecular weight is 457 g/mol. The van der Waals surface area contributed by atoms with Crippen molar-refractivity contribution in [3.63, 3.8) is 0 Å². The first kappa shape index (κ1) is 22.7. The Kier molecular flexibility index (Phi) is 6.63. The third-order valence-electron chi connectivity index (χ3n) is 5.20. The van der Waals surface area contributed by atoms with E-state index in [1.54, 1.807) is 49.6 Å². The number of carbonyl (C=O) groups is 3. The van der Waals surface area contributed by atoms with Crippen molar-refractivity contribution < 1.29 is 19.1 Å². The Morgan fingerprint density at radius 3 is 2.56 bits per heavy atom. The molecule has 2 aromatic heterocycles. The number of ether oxygens (including phenoxy) is 1. The number of esters is 1. The smallest absolute Gasteiger partial charge is 0.344 e. The van der Waals surface area contributed by atoms with Gasteiger partial charge in [-0.1, -0.05) is 42.5 Å². The molecule has 9 heteroatoms. The molecule has 172 valence electrons. The normalized spacial score (nSPS) is 11.6. The van der Waals surface area contributed by atoms with E-state index in [0.29, 0.717) is 22.6 Å². The minimum atomic E-state index is -0.705. The number of nitrogens with zero attached hydrogens (tertiary/aromatic N) is 3. The van der Waals surface area contributed by atoms with Crippen LogP contribution in [0.3, 0.4) is 0 Å².